The Kier molecular flexibility index (Phi) is 7.04. The van der Waals surface area contributed by atoms with Gasteiger partial charge < -0.3 is 15.4 Å². The summed E-state index contributed by atoms with van der Waals surface area (Å²) in [5, 5.41) is 10.5. The number of anilines is 2. The molecule has 1 aromatic heterocycles. The van der Waals surface area contributed by atoms with E-state index in [0.717, 1.165) is 11.3 Å². The summed E-state index contributed by atoms with van der Waals surface area (Å²) >= 11 is 7.06. The molecular weight excluding hydrogens is 412 g/mol. The third-order valence-electron chi connectivity index (χ3n) is 3.90. The predicted octanol–water partition coefficient (Wildman–Crippen LogP) is 4.42. The van der Waals surface area contributed by atoms with Gasteiger partial charge in [0.05, 0.1) is 7.11 Å². The van der Waals surface area contributed by atoms with Crippen LogP contribution in [0, 0.1) is 0 Å². The molecular formula is C20H19ClN4O3S. The molecule has 0 saturated heterocycles. The molecule has 2 aromatic carbocycles. The molecule has 9 heteroatoms. The zero-order chi connectivity index (χ0) is 20.6. The maximum atomic E-state index is 12.2. The van der Waals surface area contributed by atoms with E-state index in [9.17, 15) is 9.59 Å². The Labute approximate surface area is 177 Å². The van der Waals surface area contributed by atoms with Crippen molar-refractivity contribution in [1.29, 1.82) is 0 Å². The number of carbonyl (C=O) groups excluding carboxylic acids is 2. The van der Waals surface area contributed by atoms with Crippen molar-refractivity contribution < 1.29 is 14.3 Å². The van der Waals surface area contributed by atoms with E-state index in [1.54, 1.807) is 36.8 Å². The van der Waals surface area contributed by atoms with Crippen molar-refractivity contribution in [2.75, 3.05) is 24.3 Å². The number of hydrogen-bond donors (Lipinski definition) is 3. The predicted molar refractivity (Wildman–Crippen MR) is 115 cm³/mol. The van der Waals surface area contributed by atoms with Crippen molar-refractivity contribution in [2.24, 2.45) is 0 Å². The summed E-state index contributed by atoms with van der Waals surface area (Å²) < 4.78 is 5.12. The van der Waals surface area contributed by atoms with Gasteiger partial charge in [-0.25, -0.2) is 9.78 Å². The Morgan fingerprint density at radius 1 is 1.14 bits per heavy atom. The van der Waals surface area contributed by atoms with Gasteiger partial charge in [0.25, 0.3) is 5.91 Å². The number of halogens is 1. The topological polar surface area (TPSA) is 92.4 Å². The highest BCUT2D eigenvalue weighted by atomic mass is 35.5. The average molecular weight is 431 g/mol. The van der Waals surface area contributed by atoms with Crippen molar-refractivity contribution in [2.45, 2.75) is 6.42 Å². The summed E-state index contributed by atoms with van der Waals surface area (Å²) in [6.45, 7) is 0.473. The van der Waals surface area contributed by atoms with E-state index in [2.05, 4.69) is 20.9 Å². The lowest BCUT2D eigenvalue weighted by Gasteiger charge is -2.06. The highest BCUT2D eigenvalue weighted by Gasteiger charge is 2.12. The van der Waals surface area contributed by atoms with Crippen LogP contribution in [0.4, 0.5) is 15.6 Å². The number of thiazole rings is 1. The highest BCUT2D eigenvalue weighted by Crippen LogP contribution is 2.18. The fourth-order valence-electron chi connectivity index (χ4n) is 2.46. The largest absolute Gasteiger partial charge is 0.497 e. The fraction of sp³-hybridized carbons (Fsp3) is 0.150. The van der Waals surface area contributed by atoms with Gasteiger partial charge in [-0.3, -0.25) is 10.1 Å². The highest BCUT2D eigenvalue weighted by molar-refractivity contribution is 7.14. The number of rotatable bonds is 7. The average Bonchev–Trinajstić information content (AvgIpc) is 3.17. The van der Waals surface area contributed by atoms with Gasteiger partial charge in [0.1, 0.15) is 11.4 Å². The molecule has 0 bridgehead atoms. The maximum absolute atomic E-state index is 12.2. The summed E-state index contributed by atoms with van der Waals surface area (Å²) in [6, 6.07) is 14.0. The smallest absolute Gasteiger partial charge is 0.325 e. The number of benzene rings is 2. The molecule has 0 aliphatic rings. The number of urea groups is 1. The molecule has 0 aliphatic carbocycles. The number of aromatic nitrogens is 1. The van der Waals surface area contributed by atoms with Gasteiger partial charge >= 0.3 is 6.03 Å². The van der Waals surface area contributed by atoms with Crippen molar-refractivity contribution in [3.63, 3.8) is 0 Å². The molecule has 0 aliphatic heterocycles. The van der Waals surface area contributed by atoms with E-state index in [1.807, 2.05) is 24.3 Å². The molecule has 0 saturated carbocycles. The number of amides is 3. The first-order chi connectivity index (χ1) is 14.0. The van der Waals surface area contributed by atoms with Crippen molar-refractivity contribution in [1.82, 2.24) is 10.3 Å². The van der Waals surface area contributed by atoms with Gasteiger partial charge in [-0.1, -0.05) is 29.8 Å². The van der Waals surface area contributed by atoms with E-state index >= 15 is 0 Å². The van der Waals surface area contributed by atoms with E-state index in [0.29, 0.717) is 28.8 Å². The monoisotopic (exact) mass is 430 g/mol. The first kappa shape index (κ1) is 20.6. The van der Waals surface area contributed by atoms with Crippen molar-refractivity contribution >= 4 is 45.7 Å². The minimum Gasteiger partial charge on any atom is -0.497 e. The number of nitrogens with zero attached hydrogens (tertiary/aromatic N) is 1. The van der Waals surface area contributed by atoms with Crippen LogP contribution in [0.2, 0.25) is 5.02 Å². The Morgan fingerprint density at radius 3 is 2.66 bits per heavy atom. The zero-order valence-electron chi connectivity index (χ0n) is 15.6. The third kappa shape index (κ3) is 6.20. The summed E-state index contributed by atoms with van der Waals surface area (Å²) in [6.07, 6.45) is 0.688. The van der Waals surface area contributed by atoms with Crippen LogP contribution in [-0.2, 0) is 6.42 Å². The van der Waals surface area contributed by atoms with Crippen LogP contribution in [-0.4, -0.2) is 30.6 Å². The number of ether oxygens (including phenoxy) is 1. The molecule has 0 spiro atoms. The molecule has 3 aromatic rings. The molecule has 29 heavy (non-hydrogen) atoms. The van der Waals surface area contributed by atoms with Crippen LogP contribution in [0.15, 0.2) is 53.9 Å². The van der Waals surface area contributed by atoms with E-state index in [4.69, 9.17) is 16.3 Å². The second kappa shape index (κ2) is 9.90. The minimum absolute atomic E-state index is 0.253. The lowest BCUT2D eigenvalue weighted by molar-refractivity contribution is 0.0950. The third-order valence-corrected chi connectivity index (χ3v) is 4.89. The van der Waals surface area contributed by atoms with Crippen LogP contribution in [0.3, 0.4) is 0 Å². The van der Waals surface area contributed by atoms with Crippen molar-refractivity contribution in [3.8, 4) is 5.75 Å². The molecule has 0 radical (unpaired) electrons. The minimum atomic E-state index is -0.465. The molecule has 7 nitrogen and oxygen atoms in total. The molecule has 3 rings (SSSR count). The first-order valence-electron chi connectivity index (χ1n) is 8.74. The van der Waals surface area contributed by atoms with Crippen molar-refractivity contribution in [3.05, 3.63) is 70.2 Å². The van der Waals surface area contributed by atoms with Crippen LogP contribution < -0.4 is 20.7 Å². The molecule has 0 fully saturated rings. The van der Waals surface area contributed by atoms with E-state index < -0.39 is 6.03 Å². The van der Waals surface area contributed by atoms with Gasteiger partial charge in [0, 0.05) is 22.6 Å². The van der Waals surface area contributed by atoms with Gasteiger partial charge in [-0.15, -0.1) is 11.3 Å². The molecule has 150 valence electrons. The summed E-state index contributed by atoms with van der Waals surface area (Å²) in [7, 11) is 1.62. The summed E-state index contributed by atoms with van der Waals surface area (Å²) in [5.74, 6) is 0.498. The van der Waals surface area contributed by atoms with Crippen LogP contribution in [0.1, 0.15) is 16.1 Å². The molecule has 0 unspecified atom stereocenters. The second-order valence-electron chi connectivity index (χ2n) is 5.98. The Morgan fingerprint density at radius 2 is 1.93 bits per heavy atom. The molecule has 3 amide bonds. The summed E-state index contributed by atoms with van der Waals surface area (Å²) in [5.41, 5.74) is 1.90. The van der Waals surface area contributed by atoms with Crippen LogP contribution >= 0.6 is 22.9 Å². The first-order valence-corrected chi connectivity index (χ1v) is 9.99. The number of carbonyl (C=O) groups is 2. The standard InChI is InChI=1S/C20H19ClN4O3S/c1-28-16-7-5-13(6-8-16)9-10-22-18(26)17-12-29-20(24-17)25-19(27)23-15-4-2-3-14(21)11-15/h2-8,11-12H,9-10H2,1H3,(H,22,26)(H2,23,24,25,27). The second-order valence-corrected chi connectivity index (χ2v) is 7.28. The lowest BCUT2D eigenvalue weighted by Crippen LogP contribution is -2.26. The quantitative estimate of drug-likeness (QED) is 0.517. The molecule has 1 heterocycles. The number of methoxy groups -OCH3 is 1. The lowest BCUT2D eigenvalue weighted by atomic mass is 10.1. The van der Waals surface area contributed by atoms with Crippen LogP contribution in [0.25, 0.3) is 0 Å². The molecule has 3 N–H and O–H groups in total. The zero-order valence-corrected chi connectivity index (χ0v) is 17.1. The van der Waals surface area contributed by atoms with Gasteiger partial charge in [0.2, 0.25) is 0 Å². The Balaban J connectivity index is 1.46. The normalized spacial score (nSPS) is 10.3. The molecule has 0 atom stereocenters. The number of hydrogen-bond acceptors (Lipinski definition) is 5. The fourth-order valence-corrected chi connectivity index (χ4v) is 3.34. The van der Waals surface area contributed by atoms with Gasteiger partial charge in [-0.05, 0) is 42.3 Å². The van der Waals surface area contributed by atoms with E-state index in [-0.39, 0.29) is 11.6 Å². The van der Waals surface area contributed by atoms with Gasteiger partial charge in [-0.2, -0.15) is 0 Å². The number of nitrogens with one attached hydrogen (secondary N) is 3. The SMILES string of the molecule is COc1ccc(CCNC(=O)c2csc(NC(=O)Nc3cccc(Cl)c3)n2)cc1. The van der Waals surface area contributed by atoms with Gasteiger partial charge in [0.15, 0.2) is 5.13 Å². The summed E-state index contributed by atoms with van der Waals surface area (Å²) in [4.78, 5) is 28.4. The van der Waals surface area contributed by atoms with E-state index in [1.165, 1.54) is 11.3 Å². The Hall–Kier alpha value is -3.10. The Bertz CT molecular complexity index is 991. The van der Waals surface area contributed by atoms with Crippen LogP contribution in [0.5, 0.6) is 5.75 Å². The maximum Gasteiger partial charge on any atom is 0.325 e.